The molecule has 0 spiro atoms. The molecule has 1 saturated heterocycles. The highest BCUT2D eigenvalue weighted by molar-refractivity contribution is 7.98. The monoisotopic (exact) mass is 489 g/mol. The molecule has 1 aliphatic heterocycles. The van der Waals surface area contributed by atoms with Crippen molar-refractivity contribution in [1.29, 1.82) is 0 Å². The number of amides is 1. The summed E-state index contributed by atoms with van der Waals surface area (Å²) in [4.78, 5) is 33.2. The van der Waals surface area contributed by atoms with Crippen molar-refractivity contribution in [1.82, 2.24) is 14.5 Å². The van der Waals surface area contributed by atoms with Crippen molar-refractivity contribution in [2.24, 2.45) is 0 Å². The molecule has 0 unspecified atom stereocenters. The van der Waals surface area contributed by atoms with Crippen LogP contribution in [0.3, 0.4) is 0 Å². The Morgan fingerprint density at radius 3 is 2.54 bits per heavy atom. The van der Waals surface area contributed by atoms with E-state index in [0.29, 0.717) is 38.8 Å². The smallest absolute Gasteiger partial charge is 0.266 e. The van der Waals surface area contributed by atoms with Crippen LogP contribution in [-0.2, 0) is 5.75 Å². The number of methoxy groups -OCH3 is 1. The van der Waals surface area contributed by atoms with Crippen molar-refractivity contribution < 1.29 is 13.9 Å². The average molecular weight is 490 g/mol. The molecular formula is C27H24FN3O3S. The van der Waals surface area contributed by atoms with Gasteiger partial charge in [0, 0.05) is 24.4 Å². The van der Waals surface area contributed by atoms with E-state index in [2.05, 4.69) is 0 Å². The summed E-state index contributed by atoms with van der Waals surface area (Å²) in [7, 11) is 1.58. The van der Waals surface area contributed by atoms with Crippen LogP contribution in [0.1, 0.15) is 28.8 Å². The zero-order valence-corrected chi connectivity index (χ0v) is 20.1. The fourth-order valence-electron chi connectivity index (χ4n) is 4.23. The second-order valence-corrected chi connectivity index (χ2v) is 9.33. The lowest BCUT2D eigenvalue weighted by Gasteiger charge is -2.16. The first-order valence-electron chi connectivity index (χ1n) is 11.4. The first-order chi connectivity index (χ1) is 17.0. The number of carbonyl (C=O) groups excluding carboxylic acids is 1. The minimum Gasteiger partial charge on any atom is -0.497 e. The number of benzene rings is 3. The molecule has 8 heteroatoms. The van der Waals surface area contributed by atoms with Gasteiger partial charge in [0.05, 0.1) is 23.7 Å². The normalized spacial score (nSPS) is 13.4. The van der Waals surface area contributed by atoms with Crippen LogP contribution < -0.4 is 10.3 Å². The number of ether oxygens (including phenoxy) is 1. The maximum atomic E-state index is 13.7. The van der Waals surface area contributed by atoms with Crippen LogP contribution in [-0.4, -0.2) is 40.6 Å². The van der Waals surface area contributed by atoms with Gasteiger partial charge in [-0.1, -0.05) is 23.9 Å². The molecule has 0 bridgehead atoms. The largest absolute Gasteiger partial charge is 0.497 e. The number of halogens is 1. The predicted octanol–water partition coefficient (Wildman–Crippen LogP) is 5.06. The van der Waals surface area contributed by atoms with E-state index in [1.54, 1.807) is 60.2 Å². The van der Waals surface area contributed by atoms with E-state index in [0.717, 1.165) is 31.5 Å². The standard InChI is InChI=1S/C27H24FN3O3S/c1-34-22-10-8-21(9-11-22)31-26(33)23-12-7-19(25(32)30-13-2-3-14-30)16-24(23)29-27(31)35-17-18-5-4-6-20(28)15-18/h4-12,15-16H,2-3,13-14,17H2,1H3. The van der Waals surface area contributed by atoms with Crippen LogP contribution in [0.5, 0.6) is 5.75 Å². The summed E-state index contributed by atoms with van der Waals surface area (Å²) in [5, 5.41) is 0.886. The highest BCUT2D eigenvalue weighted by Gasteiger charge is 2.21. The number of fused-ring (bicyclic) bond motifs is 1. The Kier molecular flexibility index (Phi) is 6.55. The molecule has 3 aromatic carbocycles. The van der Waals surface area contributed by atoms with Gasteiger partial charge in [0.2, 0.25) is 0 Å². The number of hydrogen-bond donors (Lipinski definition) is 0. The Morgan fingerprint density at radius 2 is 1.83 bits per heavy atom. The van der Waals surface area contributed by atoms with Gasteiger partial charge in [-0.25, -0.2) is 9.37 Å². The lowest BCUT2D eigenvalue weighted by Crippen LogP contribution is -2.28. The zero-order chi connectivity index (χ0) is 24.4. The van der Waals surface area contributed by atoms with Crippen LogP contribution in [0.4, 0.5) is 4.39 Å². The second kappa shape index (κ2) is 9.92. The van der Waals surface area contributed by atoms with Gasteiger partial charge in [-0.05, 0) is 73.0 Å². The van der Waals surface area contributed by atoms with E-state index >= 15 is 0 Å². The number of thioether (sulfide) groups is 1. The lowest BCUT2D eigenvalue weighted by atomic mass is 10.1. The Morgan fingerprint density at radius 1 is 1.06 bits per heavy atom. The second-order valence-electron chi connectivity index (χ2n) is 8.38. The summed E-state index contributed by atoms with van der Waals surface area (Å²) < 4.78 is 20.5. The van der Waals surface area contributed by atoms with Crippen molar-refractivity contribution in [3.63, 3.8) is 0 Å². The van der Waals surface area contributed by atoms with Gasteiger partial charge in [-0.15, -0.1) is 0 Å². The fourth-order valence-corrected chi connectivity index (χ4v) is 5.19. The Bertz CT molecular complexity index is 1450. The number of nitrogens with zero attached hydrogens (tertiary/aromatic N) is 3. The quantitative estimate of drug-likeness (QED) is 0.280. The molecule has 1 fully saturated rings. The van der Waals surface area contributed by atoms with Gasteiger partial charge in [-0.3, -0.25) is 14.2 Å². The molecule has 5 rings (SSSR count). The molecule has 0 N–H and O–H groups in total. The van der Waals surface area contributed by atoms with Crippen LogP contribution in [0.2, 0.25) is 0 Å². The van der Waals surface area contributed by atoms with E-state index < -0.39 is 0 Å². The van der Waals surface area contributed by atoms with Gasteiger partial charge in [-0.2, -0.15) is 0 Å². The first kappa shape index (κ1) is 23.1. The third-order valence-corrected chi connectivity index (χ3v) is 7.08. The summed E-state index contributed by atoms with van der Waals surface area (Å²) in [6.45, 7) is 1.50. The van der Waals surface area contributed by atoms with E-state index in [-0.39, 0.29) is 17.3 Å². The van der Waals surface area contributed by atoms with Crippen molar-refractivity contribution >= 4 is 28.6 Å². The van der Waals surface area contributed by atoms with E-state index in [9.17, 15) is 14.0 Å². The minimum atomic E-state index is -0.313. The fraction of sp³-hybridized carbons (Fsp3) is 0.222. The van der Waals surface area contributed by atoms with Gasteiger partial charge < -0.3 is 9.64 Å². The molecule has 4 aromatic rings. The predicted molar refractivity (Wildman–Crippen MR) is 135 cm³/mol. The molecule has 0 radical (unpaired) electrons. The number of hydrogen-bond acceptors (Lipinski definition) is 5. The third kappa shape index (κ3) is 4.79. The van der Waals surface area contributed by atoms with Gasteiger partial charge in [0.25, 0.3) is 11.5 Å². The minimum absolute atomic E-state index is 0.0421. The van der Waals surface area contributed by atoms with Crippen molar-refractivity contribution in [3.05, 3.63) is 94.0 Å². The summed E-state index contributed by atoms with van der Waals surface area (Å²) in [5.74, 6) is 0.749. The van der Waals surface area contributed by atoms with Crippen molar-refractivity contribution in [2.75, 3.05) is 20.2 Å². The summed E-state index contributed by atoms with van der Waals surface area (Å²) >= 11 is 1.34. The summed E-state index contributed by atoms with van der Waals surface area (Å²) in [6, 6.07) is 18.6. The van der Waals surface area contributed by atoms with Gasteiger partial charge in [0.1, 0.15) is 11.6 Å². The van der Waals surface area contributed by atoms with Crippen LogP contribution >= 0.6 is 11.8 Å². The molecule has 0 atom stereocenters. The molecule has 1 aliphatic rings. The van der Waals surface area contributed by atoms with E-state index in [1.807, 2.05) is 11.0 Å². The topological polar surface area (TPSA) is 64.4 Å². The highest BCUT2D eigenvalue weighted by Crippen LogP contribution is 2.26. The van der Waals surface area contributed by atoms with Crippen LogP contribution in [0.15, 0.2) is 76.7 Å². The summed E-state index contributed by atoms with van der Waals surface area (Å²) in [5.41, 5.74) is 2.18. The van der Waals surface area contributed by atoms with Crippen molar-refractivity contribution in [2.45, 2.75) is 23.8 Å². The molecule has 1 amide bonds. The Hall–Kier alpha value is -3.65. The Labute approximate surface area is 206 Å². The van der Waals surface area contributed by atoms with Gasteiger partial charge in [0.15, 0.2) is 5.16 Å². The maximum Gasteiger partial charge on any atom is 0.266 e. The molecule has 0 saturated carbocycles. The molecule has 0 aliphatic carbocycles. The molecule has 178 valence electrons. The molecule has 1 aromatic heterocycles. The zero-order valence-electron chi connectivity index (χ0n) is 19.2. The average Bonchev–Trinajstić information content (AvgIpc) is 3.42. The van der Waals surface area contributed by atoms with Crippen molar-refractivity contribution in [3.8, 4) is 11.4 Å². The van der Waals surface area contributed by atoms with Crippen LogP contribution in [0.25, 0.3) is 16.6 Å². The van der Waals surface area contributed by atoms with Crippen LogP contribution in [0, 0.1) is 5.82 Å². The van der Waals surface area contributed by atoms with E-state index in [4.69, 9.17) is 9.72 Å². The third-order valence-electron chi connectivity index (χ3n) is 6.07. The number of carbonyl (C=O) groups is 1. The number of rotatable bonds is 6. The molecule has 2 heterocycles. The van der Waals surface area contributed by atoms with E-state index in [1.165, 1.54) is 23.9 Å². The van der Waals surface area contributed by atoms with Gasteiger partial charge >= 0.3 is 0 Å². The molecule has 35 heavy (non-hydrogen) atoms. The SMILES string of the molecule is COc1ccc(-n2c(SCc3cccc(F)c3)nc3cc(C(=O)N4CCCC4)ccc3c2=O)cc1. The molecule has 6 nitrogen and oxygen atoms in total. The maximum absolute atomic E-state index is 13.7. The number of aromatic nitrogens is 2. The Balaban J connectivity index is 1.59. The summed E-state index contributed by atoms with van der Waals surface area (Å²) in [6.07, 6.45) is 2.01. The molecular weight excluding hydrogens is 465 g/mol. The first-order valence-corrected chi connectivity index (χ1v) is 12.4. The number of likely N-dealkylation sites (tertiary alicyclic amines) is 1. The lowest BCUT2D eigenvalue weighted by molar-refractivity contribution is 0.0793. The highest BCUT2D eigenvalue weighted by atomic mass is 32.2.